The first-order valence-electron chi connectivity index (χ1n) is 12.4. The molecule has 2 aliphatic carbocycles. The Labute approximate surface area is 192 Å². The standard InChI is InChI=1S/C28H38N2O2/c1-17-15-29(27-23-11-7-5-9-21(23)13-25(27)31)20(4)18(2)16-30(19(17)3)28-24-12-8-6-10-22(24)14-26(28)32/h5-12,17-20,25-28,31-32H,13-16H2,1-4H3/t17?,18?,19?,20?,25-,26-,27+,28+/m0/s1. The Morgan fingerprint density at radius 3 is 1.41 bits per heavy atom. The molecule has 172 valence electrons. The Morgan fingerprint density at radius 1 is 0.625 bits per heavy atom. The smallest absolute Gasteiger partial charge is 0.0777 e. The van der Waals surface area contributed by atoms with Gasteiger partial charge in [0.05, 0.1) is 24.3 Å². The highest BCUT2D eigenvalue weighted by atomic mass is 16.3. The Morgan fingerprint density at radius 2 is 1.00 bits per heavy atom. The average Bonchev–Trinajstić information content (AvgIpc) is 3.29. The van der Waals surface area contributed by atoms with Gasteiger partial charge in [0, 0.05) is 38.0 Å². The lowest BCUT2D eigenvalue weighted by molar-refractivity contribution is -0.0481. The second kappa shape index (κ2) is 8.57. The van der Waals surface area contributed by atoms with Crippen molar-refractivity contribution < 1.29 is 10.2 Å². The van der Waals surface area contributed by atoms with E-state index in [9.17, 15) is 10.2 Å². The molecule has 2 N–H and O–H groups in total. The van der Waals surface area contributed by atoms with Crippen LogP contribution in [0, 0.1) is 11.8 Å². The molecule has 2 aromatic carbocycles. The van der Waals surface area contributed by atoms with Crippen LogP contribution >= 0.6 is 0 Å². The number of fused-ring (bicyclic) bond motifs is 2. The fourth-order valence-electron chi connectivity index (χ4n) is 6.60. The summed E-state index contributed by atoms with van der Waals surface area (Å²) in [5, 5.41) is 22.1. The Balaban J connectivity index is 1.45. The van der Waals surface area contributed by atoms with Gasteiger partial charge in [0.25, 0.3) is 0 Å². The summed E-state index contributed by atoms with van der Waals surface area (Å²) in [6.07, 6.45) is 0.811. The van der Waals surface area contributed by atoms with E-state index in [1.54, 1.807) is 0 Å². The molecule has 0 aromatic heterocycles. The first kappa shape index (κ1) is 22.1. The number of rotatable bonds is 2. The van der Waals surface area contributed by atoms with Crippen molar-refractivity contribution >= 4 is 0 Å². The lowest BCUT2D eigenvalue weighted by Crippen LogP contribution is -2.56. The fourth-order valence-corrected chi connectivity index (χ4v) is 6.60. The minimum Gasteiger partial charge on any atom is -0.391 e. The molecule has 5 rings (SSSR count). The highest BCUT2D eigenvalue weighted by molar-refractivity contribution is 5.38. The third kappa shape index (κ3) is 3.62. The van der Waals surface area contributed by atoms with Gasteiger partial charge in [-0.1, -0.05) is 62.4 Å². The molecular weight excluding hydrogens is 396 g/mol. The molecule has 2 aromatic rings. The lowest BCUT2D eigenvalue weighted by atomic mass is 9.88. The topological polar surface area (TPSA) is 46.9 Å². The minimum atomic E-state index is -0.344. The maximum absolute atomic E-state index is 11.1. The van der Waals surface area contributed by atoms with Crippen molar-refractivity contribution in [3.05, 3.63) is 70.8 Å². The van der Waals surface area contributed by atoms with E-state index >= 15 is 0 Å². The summed E-state index contributed by atoms with van der Waals surface area (Å²) in [5.74, 6) is 0.842. The highest BCUT2D eigenvalue weighted by Crippen LogP contribution is 2.43. The van der Waals surface area contributed by atoms with Gasteiger partial charge in [0.15, 0.2) is 0 Å². The predicted octanol–water partition coefficient (Wildman–Crippen LogP) is 3.97. The van der Waals surface area contributed by atoms with Gasteiger partial charge >= 0.3 is 0 Å². The van der Waals surface area contributed by atoms with E-state index in [-0.39, 0.29) is 24.3 Å². The first-order valence-corrected chi connectivity index (χ1v) is 12.4. The van der Waals surface area contributed by atoms with Gasteiger partial charge in [0.2, 0.25) is 0 Å². The molecule has 1 saturated heterocycles. The van der Waals surface area contributed by atoms with Crippen LogP contribution in [0.15, 0.2) is 48.5 Å². The van der Waals surface area contributed by atoms with Gasteiger partial charge < -0.3 is 10.2 Å². The molecule has 4 unspecified atom stereocenters. The molecule has 0 spiro atoms. The molecule has 1 aliphatic heterocycles. The second-order valence-corrected chi connectivity index (χ2v) is 10.7. The average molecular weight is 435 g/mol. The largest absolute Gasteiger partial charge is 0.391 e. The molecule has 1 fully saturated rings. The van der Waals surface area contributed by atoms with Crippen LogP contribution in [0.3, 0.4) is 0 Å². The van der Waals surface area contributed by atoms with Crippen molar-refractivity contribution in [1.82, 2.24) is 9.80 Å². The van der Waals surface area contributed by atoms with E-state index in [2.05, 4.69) is 86.0 Å². The van der Waals surface area contributed by atoms with Gasteiger partial charge in [0.1, 0.15) is 0 Å². The predicted molar refractivity (Wildman–Crippen MR) is 128 cm³/mol. The summed E-state index contributed by atoms with van der Waals surface area (Å²) in [5.41, 5.74) is 5.19. The maximum atomic E-state index is 11.1. The first-order chi connectivity index (χ1) is 15.4. The van der Waals surface area contributed by atoms with Crippen molar-refractivity contribution in [3.63, 3.8) is 0 Å². The van der Waals surface area contributed by atoms with Gasteiger partial charge in [-0.15, -0.1) is 0 Å². The van der Waals surface area contributed by atoms with E-state index in [1.165, 1.54) is 22.3 Å². The van der Waals surface area contributed by atoms with Crippen molar-refractivity contribution in [2.45, 2.75) is 76.9 Å². The Kier molecular flexibility index (Phi) is 5.91. The number of hydrogen-bond acceptors (Lipinski definition) is 4. The SMILES string of the molecule is CC1CN([C@@H]2c3ccccc3C[C@@H]2O)C(C)C(C)CN([C@@H]2c3ccccc3C[C@@H]2O)C1C. The number of aliphatic hydroxyl groups excluding tert-OH is 2. The summed E-state index contributed by atoms with van der Waals surface area (Å²) in [4.78, 5) is 5.16. The van der Waals surface area contributed by atoms with Crippen LogP contribution in [-0.2, 0) is 12.8 Å². The van der Waals surface area contributed by atoms with Gasteiger partial charge in [-0.3, -0.25) is 9.80 Å². The fraction of sp³-hybridized carbons (Fsp3) is 0.571. The van der Waals surface area contributed by atoms with Crippen molar-refractivity contribution in [2.75, 3.05) is 13.1 Å². The minimum absolute atomic E-state index is 0.0719. The van der Waals surface area contributed by atoms with Crippen LogP contribution in [0.4, 0.5) is 0 Å². The van der Waals surface area contributed by atoms with Crippen LogP contribution in [0.2, 0.25) is 0 Å². The maximum Gasteiger partial charge on any atom is 0.0777 e. The third-order valence-electron chi connectivity index (χ3n) is 8.74. The molecule has 0 saturated carbocycles. The van der Waals surface area contributed by atoms with Gasteiger partial charge in [-0.05, 0) is 47.9 Å². The summed E-state index contributed by atoms with van der Waals surface area (Å²) in [7, 11) is 0. The van der Waals surface area contributed by atoms with Crippen LogP contribution in [0.25, 0.3) is 0 Å². The normalized spacial score (nSPS) is 38.2. The van der Waals surface area contributed by atoms with Crippen LogP contribution in [0.1, 0.15) is 62.0 Å². The van der Waals surface area contributed by atoms with Gasteiger partial charge in [-0.2, -0.15) is 0 Å². The molecule has 8 atom stereocenters. The molecule has 0 bridgehead atoms. The zero-order chi connectivity index (χ0) is 22.6. The van der Waals surface area contributed by atoms with Crippen molar-refractivity contribution in [1.29, 1.82) is 0 Å². The number of benzene rings is 2. The van der Waals surface area contributed by atoms with Crippen molar-refractivity contribution in [2.24, 2.45) is 11.8 Å². The third-order valence-corrected chi connectivity index (χ3v) is 8.74. The van der Waals surface area contributed by atoms with Crippen LogP contribution < -0.4 is 0 Å². The molecular formula is C28H38N2O2. The van der Waals surface area contributed by atoms with Crippen LogP contribution in [-0.4, -0.2) is 57.4 Å². The number of nitrogens with zero attached hydrogens (tertiary/aromatic N) is 2. The highest BCUT2D eigenvalue weighted by Gasteiger charge is 2.44. The monoisotopic (exact) mass is 434 g/mol. The van der Waals surface area contributed by atoms with E-state index < -0.39 is 0 Å². The van der Waals surface area contributed by atoms with Crippen molar-refractivity contribution in [3.8, 4) is 0 Å². The Hall–Kier alpha value is -1.72. The summed E-state index contributed by atoms with van der Waals surface area (Å²) >= 11 is 0. The molecule has 3 aliphatic rings. The van der Waals surface area contributed by atoms with E-state index in [1.807, 2.05) is 0 Å². The quantitative estimate of drug-likeness (QED) is 0.751. The molecule has 4 nitrogen and oxygen atoms in total. The van der Waals surface area contributed by atoms with Crippen LogP contribution in [0.5, 0.6) is 0 Å². The van der Waals surface area contributed by atoms with E-state index in [4.69, 9.17) is 0 Å². The zero-order valence-electron chi connectivity index (χ0n) is 19.9. The molecule has 0 radical (unpaired) electrons. The summed E-state index contributed by atoms with van der Waals surface area (Å²) < 4.78 is 0. The number of hydrogen-bond donors (Lipinski definition) is 2. The zero-order valence-corrected chi connectivity index (χ0v) is 19.9. The molecule has 1 heterocycles. The molecule has 4 heteroatoms. The van der Waals surface area contributed by atoms with E-state index in [0.717, 1.165) is 25.9 Å². The van der Waals surface area contributed by atoms with E-state index in [0.29, 0.717) is 23.9 Å². The Bertz CT molecular complexity index is 884. The lowest BCUT2D eigenvalue weighted by Gasteiger charge is -2.49. The van der Waals surface area contributed by atoms with Gasteiger partial charge in [-0.25, -0.2) is 0 Å². The second-order valence-electron chi connectivity index (χ2n) is 10.7. The summed E-state index contributed by atoms with van der Waals surface area (Å²) in [6.45, 7) is 11.2. The molecule has 32 heavy (non-hydrogen) atoms. The molecule has 0 amide bonds. The number of aliphatic hydroxyl groups is 2. The summed E-state index contributed by atoms with van der Waals surface area (Å²) in [6, 6.07) is 18.0.